The number of fused-ring (bicyclic) bond motifs is 2. The van der Waals surface area contributed by atoms with E-state index in [0.717, 1.165) is 12.1 Å². The minimum Gasteiger partial charge on any atom is -0.545 e. The highest BCUT2D eigenvalue weighted by Gasteiger charge is 2.28. The summed E-state index contributed by atoms with van der Waals surface area (Å²) in [4.78, 5) is 17.9. The van der Waals surface area contributed by atoms with Crippen LogP contribution in [0, 0.1) is 5.82 Å². The Morgan fingerprint density at radius 3 is 2.67 bits per heavy atom. The molecule has 0 saturated heterocycles. The highest BCUT2D eigenvalue weighted by atomic mass is 19.1. The smallest absolute Gasteiger partial charge is 0.130 e. The zero-order valence-electron chi connectivity index (χ0n) is 15.0. The van der Waals surface area contributed by atoms with Crippen molar-refractivity contribution in [2.24, 2.45) is 0 Å². The fourth-order valence-electron chi connectivity index (χ4n) is 3.74. The van der Waals surface area contributed by atoms with Gasteiger partial charge in [-0.05, 0) is 25.1 Å². The second-order valence-electron chi connectivity index (χ2n) is 6.77. The van der Waals surface area contributed by atoms with Crippen molar-refractivity contribution in [3.05, 3.63) is 76.7 Å². The van der Waals surface area contributed by atoms with Crippen LogP contribution in [-0.2, 0) is 6.54 Å². The summed E-state index contributed by atoms with van der Waals surface area (Å²) in [5.41, 5.74) is 3.41. The molecule has 27 heavy (non-hydrogen) atoms. The molecule has 2 aromatic carbocycles. The lowest BCUT2D eigenvalue weighted by Gasteiger charge is -2.29. The van der Waals surface area contributed by atoms with E-state index < -0.39 is 5.97 Å². The number of carbonyl (C=O) groups excluding carboxylic acids is 1. The molecule has 0 bridgehead atoms. The number of aromatic carboxylic acids is 1. The number of hydrogen-bond acceptors (Lipinski definition) is 3. The summed E-state index contributed by atoms with van der Waals surface area (Å²) >= 11 is 0. The van der Waals surface area contributed by atoms with E-state index >= 15 is 0 Å². The first-order valence-corrected chi connectivity index (χ1v) is 9.00. The molecule has 1 N–H and O–H groups in total. The first-order chi connectivity index (χ1) is 13.1. The maximum atomic E-state index is 14.2. The van der Waals surface area contributed by atoms with E-state index in [2.05, 4.69) is 0 Å². The number of nitrogens with zero attached hydrogens (tertiary/aromatic N) is 1. The van der Waals surface area contributed by atoms with Gasteiger partial charge in [-0.2, -0.15) is 0 Å². The molecule has 2 heterocycles. The second kappa shape index (κ2) is 6.93. The van der Waals surface area contributed by atoms with Gasteiger partial charge in [0.15, 0.2) is 0 Å². The van der Waals surface area contributed by atoms with E-state index in [1.165, 1.54) is 11.0 Å². The Labute approximate surface area is 156 Å². The van der Waals surface area contributed by atoms with Crippen LogP contribution in [0.3, 0.4) is 0 Å². The molecule has 0 aliphatic carbocycles. The topological polar surface area (TPSA) is 57.5 Å². The maximum Gasteiger partial charge on any atom is 0.130 e. The van der Waals surface area contributed by atoms with Crippen LogP contribution in [0.5, 0.6) is 0 Å². The normalized spacial score (nSPS) is 17.9. The average Bonchev–Trinajstić information content (AvgIpc) is 2.67. The number of carboxylic acid groups (broad SMARTS) is 1. The number of likely N-dealkylation sites (N-methyl/N-ethyl adjacent to an activating group) is 1. The van der Waals surface area contributed by atoms with E-state index in [9.17, 15) is 14.3 Å². The molecule has 0 saturated carbocycles. The third kappa shape index (κ3) is 3.11. The molecular weight excluding hydrogens is 343 g/mol. The highest BCUT2D eigenvalue weighted by molar-refractivity contribution is 6.05. The summed E-state index contributed by atoms with van der Waals surface area (Å²) < 4.78 is 14.2. The van der Waals surface area contributed by atoms with Crippen LogP contribution >= 0.6 is 0 Å². The number of quaternary nitrogens is 1. The van der Waals surface area contributed by atoms with Crippen molar-refractivity contribution in [2.45, 2.75) is 13.5 Å². The zero-order valence-corrected chi connectivity index (χ0v) is 15.0. The molecule has 5 heteroatoms. The maximum absolute atomic E-state index is 14.2. The lowest BCUT2D eigenvalue weighted by atomic mass is 9.92. The van der Waals surface area contributed by atoms with Gasteiger partial charge in [0.05, 0.1) is 23.7 Å². The van der Waals surface area contributed by atoms with Crippen LogP contribution in [0.1, 0.15) is 34.1 Å². The van der Waals surface area contributed by atoms with Gasteiger partial charge in [-0.1, -0.05) is 36.4 Å². The standard InChI is InChI=1S/C22H19FN2O2/c1-2-25-12-15(11-14-7-3-5-9-18(14)23)21-17(13-25)20(22(26)27)16-8-4-6-10-19(16)24-21/h3-11H,2,12-13H2,1H3,(H,26,27)/b15-11+. The zero-order chi connectivity index (χ0) is 19.0. The fraction of sp³-hybridized carbons (Fsp3) is 0.182. The van der Waals surface area contributed by atoms with Gasteiger partial charge in [-0.15, -0.1) is 0 Å². The monoisotopic (exact) mass is 362 g/mol. The van der Waals surface area contributed by atoms with Crippen molar-refractivity contribution < 1.29 is 19.2 Å². The van der Waals surface area contributed by atoms with E-state index in [1.807, 2.05) is 13.0 Å². The number of hydrogen-bond donors (Lipinski definition) is 1. The minimum absolute atomic E-state index is 0.195. The number of aromatic nitrogens is 1. The molecule has 1 aliphatic rings. The SMILES string of the molecule is CC[NH+]1C/C(=C\c2ccccc2F)c2nc3ccccc3c(C(=O)[O-])c2C1. The van der Waals surface area contributed by atoms with Gasteiger partial charge < -0.3 is 14.8 Å². The largest absolute Gasteiger partial charge is 0.545 e. The first kappa shape index (κ1) is 17.4. The predicted molar refractivity (Wildman–Crippen MR) is 100 cm³/mol. The molecule has 3 aromatic rings. The number of carboxylic acids is 1. The van der Waals surface area contributed by atoms with E-state index in [0.29, 0.717) is 40.8 Å². The fourth-order valence-corrected chi connectivity index (χ4v) is 3.74. The molecule has 0 radical (unpaired) electrons. The Kier molecular flexibility index (Phi) is 4.46. The first-order valence-electron chi connectivity index (χ1n) is 9.00. The summed E-state index contributed by atoms with van der Waals surface area (Å²) in [5.74, 6) is -1.51. The second-order valence-corrected chi connectivity index (χ2v) is 6.77. The minimum atomic E-state index is -1.20. The summed E-state index contributed by atoms with van der Waals surface area (Å²) in [6.45, 7) is 4.10. The van der Waals surface area contributed by atoms with Crippen molar-refractivity contribution in [1.82, 2.24) is 4.98 Å². The van der Waals surface area contributed by atoms with E-state index in [1.54, 1.807) is 42.5 Å². The Morgan fingerprint density at radius 1 is 1.19 bits per heavy atom. The lowest BCUT2D eigenvalue weighted by molar-refractivity contribution is -0.905. The molecule has 4 rings (SSSR count). The molecule has 1 aromatic heterocycles. The van der Waals surface area contributed by atoms with Crippen molar-refractivity contribution in [1.29, 1.82) is 0 Å². The predicted octanol–water partition coefficient (Wildman–Crippen LogP) is 1.70. The van der Waals surface area contributed by atoms with Gasteiger partial charge in [0.1, 0.15) is 18.9 Å². The van der Waals surface area contributed by atoms with Crippen LogP contribution in [0.15, 0.2) is 48.5 Å². The van der Waals surface area contributed by atoms with Gasteiger partial charge in [-0.3, -0.25) is 0 Å². The Bertz CT molecular complexity index is 1080. The van der Waals surface area contributed by atoms with Gasteiger partial charge in [0.25, 0.3) is 0 Å². The van der Waals surface area contributed by atoms with Crippen molar-refractivity contribution in [3.63, 3.8) is 0 Å². The molecule has 4 nitrogen and oxygen atoms in total. The number of para-hydroxylation sites is 1. The molecule has 0 fully saturated rings. The highest BCUT2D eigenvalue weighted by Crippen LogP contribution is 2.30. The summed E-state index contributed by atoms with van der Waals surface area (Å²) in [7, 11) is 0. The van der Waals surface area contributed by atoms with E-state index in [-0.39, 0.29) is 11.4 Å². The van der Waals surface area contributed by atoms with Gasteiger partial charge >= 0.3 is 0 Å². The molecule has 0 spiro atoms. The summed E-state index contributed by atoms with van der Waals surface area (Å²) in [6, 6.07) is 13.7. The molecule has 1 unspecified atom stereocenters. The quantitative estimate of drug-likeness (QED) is 0.772. The Hall–Kier alpha value is -3.05. The number of nitrogens with one attached hydrogen (secondary N) is 1. The molecule has 136 valence electrons. The molecule has 1 atom stereocenters. The third-order valence-electron chi connectivity index (χ3n) is 5.10. The van der Waals surface area contributed by atoms with Gasteiger partial charge in [0.2, 0.25) is 0 Å². The molecular formula is C22H19FN2O2. The number of rotatable bonds is 3. The van der Waals surface area contributed by atoms with Crippen LogP contribution in [-0.4, -0.2) is 24.0 Å². The van der Waals surface area contributed by atoms with Crippen LogP contribution in [0.25, 0.3) is 22.6 Å². The number of carbonyl (C=O) groups is 1. The third-order valence-corrected chi connectivity index (χ3v) is 5.10. The van der Waals surface area contributed by atoms with Crippen molar-refractivity contribution in [3.8, 4) is 0 Å². The van der Waals surface area contributed by atoms with Crippen LogP contribution < -0.4 is 10.0 Å². The molecule has 0 amide bonds. The number of pyridine rings is 1. The lowest BCUT2D eigenvalue weighted by Crippen LogP contribution is -3.11. The number of benzene rings is 2. The number of halogens is 1. The molecule has 1 aliphatic heterocycles. The van der Waals surface area contributed by atoms with Gasteiger partial charge in [-0.25, -0.2) is 9.37 Å². The van der Waals surface area contributed by atoms with Crippen LogP contribution in [0.4, 0.5) is 4.39 Å². The van der Waals surface area contributed by atoms with Gasteiger partial charge in [0, 0.05) is 27.6 Å². The summed E-state index contributed by atoms with van der Waals surface area (Å²) in [6.07, 6.45) is 1.78. The summed E-state index contributed by atoms with van der Waals surface area (Å²) in [5, 5.41) is 12.6. The van der Waals surface area contributed by atoms with Crippen LogP contribution in [0.2, 0.25) is 0 Å². The Balaban J connectivity index is 2.01. The van der Waals surface area contributed by atoms with E-state index in [4.69, 9.17) is 4.98 Å². The van der Waals surface area contributed by atoms with Crippen molar-refractivity contribution in [2.75, 3.05) is 13.1 Å². The average molecular weight is 362 g/mol. The van der Waals surface area contributed by atoms with Crippen molar-refractivity contribution >= 4 is 28.5 Å². The Morgan fingerprint density at radius 2 is 1.93 bits per heavy atom.